The maximum Gasteiger partial charge on any atom is 0.319 e. The number of hydrogen-bond acceptors (Lipinski definition) is 4. The fourth-order valence-electron chi connectivity index (χ4n) is 0.512. The van der Waals surface area contributed by atoms with E-state index in [1.165, 1.54) is 0 Å². The average Bonchev–Trinajstić information content (AvgIpc) is 1.83. The monoisotopic (exact) mass is 160 g/mol. The van der Waals surface area contributed by atoms with Gasteiger partial charge in [0.25, 0.3) is 0 Å². The van der Waals surface area contributed by atoms with Gasteiger partial charge in [0, 0.05) is 0 Å². The average molecular weight is 160 g/mol. The molecule has 0 aliphatic heterocycles. The van der Waals surface area contributed by atoms with Gasteiger partial charge in [-0.05, 0) is 20.8 Å². The third-order valence-corrected chi connectivity index (χ3v) is 0.994. The molecule has 0 rings (SSSR count). The van der Waals surface area contributed by atoms with Crippen molar-refractivity contribution < 1.29 is 9.53 Å². The molecule has 0 aromatic carbocycles. The first-order valence-electron chi connectivity index (χ1n) is 3.65. The van der Waals surface area contributed by atoms with Gasteiger partial charge in [0.2, 0.25) is 0 Å². The molecule has 0 aliphatic carbocycles. The molecule has 0 amide bonds. The van der Waals surface area contributed by atoms with Gasteiger partial charge in [-0.25, -0.2) is 0 Å². The minimum absolute atomic E-state index is 0.164. The maximum atomic E-state index is 10.7. The van der Waals surface area contributed by atoms with E-state index in [0.29, 0.717) is 6.61 Å². The molecular weight excluding hydrogens is 144 g/mol. The van der Waals surface area contributed by atoms with Crippen LogP contribution in [-0.2, 0) is 9.53 Å². The summed E-state index contributed by atoms with van der Waals surface area (Å²) >= 11 is 0. The van der Waals surface area contributed by atoms with Crippen LogP contribution in [0.5, 0.6) is 0 Å². The van der Waals surface area contributed by atoms with Crippen LogP contribution >= 0.6 is 0 Å². The highest BCUT2D eigenvalue weighted by molar-refractivity contribution is 5.71. The second-order valence-electron chi connectivity index (χ2n) is 2.88. The number of esters is 1. The van der Waals surface area contributed by atoms with Crippen LogP contribution in [0.2, 0.25) is 0 Å². The van der Waals surface area contributed by atoms with Crippen LogP contribution in [-0.4, -0.2) is 24.8 Å². The predicted octanol–water partition coefficient (Wildman–Crippen LogP) is -0.166. The lowest BCUT2D eigenvalue weighted by Gasteiger charge is -2.19. The van der Waals surface area contributed by atoms with Gasteiger partial charge in [-0.1, -0.05) is 0 Å². The number of carbonyl (C=O) groups excluding carboxylic acids is 1. The molecule has 0 fully saturated rings. The Morgan fingerprint density at radius 3 is 2.55 bits per heavy atom. The molecule has 0 aromatic heterocycles. The van der Waals surface area contributed by atoms with Gasteiger partial charge in [-0.3, -0.25) is 10.1 Å². The zero-order valence-electron chi connectivity index (χ0n) is 7.31. The van der Waals surface area contributed by atoms with Crippen LogP contribution in [0.1, 0.15) is 20.8 Å². The zero-order chi connectivity index (χ0) is 8.91. The van der Waals surface area contributed by atoms with E-state index in [2.05, 4.69) is 10.1 Å². The number of nitrogens with two attached hydrogens (primary N) is 1. The van der Waals surface area contributed by atoms with Crippen LogP contribution in [0, 0.1) is 0 Å². The first-order valence-corrected chi connectivity index (χ1v) is 3.65. The Morgan fingerprint density at radius 2 is 2.18 bits per heavy atom. The molecule has 0 aliphatic rings. The number of ether oxygens (including phenoxy) is 1. The molecule has 4 heteroatoms. The molecular formula is C7H16N2O2. The largest absolute Gasteiger partial charge is 0.465 e. The number of rotatable bonds is 4. The van der Waals surface area contributed by atoms with E-state index in [1.807, 2.05) is 0 Å². The molecule has 0 spiro atoms. The van der Waals surface area contributed by atoms with E-state index in [9.17, 15) is 4.79 Å². The van der Waals surface area contributed by atoms with Gasteiger partial charge < -0.3 is 10.5 Å². The number of carbonyl (C=O) groups is 1. The molecule has 0 saturated carbocycles. The summed E-state index contributed by atoms with van der Waals surface area (Å²) in [7, 11) is 0. The Balaban J connectivity index is 3.46. The van der Waals surface area contributed by atoms with Crippen molar-refractivity contribution in [2.24, 2.45) is 5.73 Å². The van der Waals surface area contributed by atoms with E-state index < -0.39 is 5.66 Å². The highest BCUT2D eigenvalue weighted by Crippen LogP contribution is 1.88. The first-order chi connectivity index (χ1) is 4.95. The Kier molecular flexibility index (Phi) is 4.07. The normalized spacial score (nSPS) is 11.3. The summed E-state index contributed by atoms with van der Waals surface area (Å²) in [6.45, 7) is 5.91. The summed E-state index contributed by atoms with van der Waals surface area (Å²) in [6.07, 6.45) is 0. The lowest BCUT2D eigenvalue weighted by molar-refractivity contribution is -0.142. The molecule has 4 nitrogen and oxygen atoms in total. The van der Waals surface area contributed by atoms with Gasteiger partial charge in [0.05, 0.1) is 18.8 Å². The first kappa shape index (κ1) is 10.4. The van der Waals surface area contributed by atoms with Gasteiger partial charge in [0.15, 0.2) is 0 Å². The van der Waals surface area contributed by atoms with Gasteiger partial charge in [-0.2, -0.15) is 0 Å². The van der Waals surface area contributed by atoms with E-state index in [-0.39, 0.29) is 12.5 Å². The summed E-state index contributed by atoms with van der Waals surface area (Å²) in [5, 5.41) is 2.81. The molecule has 3 N–H and O–H groups in total. The molecule has 0 unspecified atom stereocenters. The maximum absolute atomic E-state index is 10.7. The smallest absolute Gasteiger partial charge is 0.319 e. The summed E-state index contributed by atoms with van der Waals surface area (Å²) < 4.78 is 4.68. The number of nitrogens with one attached hydrogen (secondary N) is 1. The van der Waals surface area contributed by atoms with E-state index in [4.69, 9.17) is 5.73 Å². The highest BCUT2D eigenvalue weighted by atomic mass is 16.5. The predicted molar refractivity (Wildman–Crippen MR) is 42.9 cm³/mol. The van der Waals surface area contributed by atoms with Gasteiger partial charge >= 0.3 is 5.97 Å². The molecule has 66 valence electrons. The third kappa shape index (κ3) is 7.29. The third-order valence-electron chi connectivity index (χ3n) is 0.994. The standard InChI is InChI=1S/C7H16N2O2/c1-4-11-6(10)5-9-7(2,3)8/h9H,4-5,8H2,1-3H3. The lowest BCUT2D eigenvalue weighted by Crippen LogP contribution is -2.49. The molecule has 0 aromatic rings. The quantitative estimate of drug-likeness (QED) is 0.443. The van der Waals surface area contributed by atoms with E-state index >= 15 is 0 Å². The van der Waals surface area contributed by atoms with Crippen molar-refractivity contribution in [3.8, 4) is 0 Å². The Hall–Kier alpha value is -0.610. The highest BCUT2D eigenvalue weighted by Gasteiger charge is 2.11. The van der Waals surface area contributed by atoms with Crippen molar-refractivity contribution in [1.29, 1.82) is 0 Å². The van der Waals surface area contributed by atoms with E-state index in [1.54, 1.807) is 20.8 Å². The summed E-state index contributed by atoms with van der Waals surface area (Å²) in [4.78, 5) is 10.7. The van der Waals surface area contributed by atoms with Gasteiger partial charge in [0.1, 0.15) is 0 Å². The van der Waals surface area contributed by atoms with E-state index in [0.717, 1.165) is 0 Å². The summed E-state index contributed by atoms with van der Waals surface area (Å²) in [5.74, 6) is -0.272. The molecule has 0 saturated heterocycles. The molecule has 0 heterocycles. The molecule has 0 atom stereocenters. The molecule has 11 heavy (non-hydrogen) atoms. The van der Waals surface area contributed by atoms with Crippen LogP contribution in [0.3, 0.4) is 0 Å². The minimum Gasteiger partial charge on any atom is -0.465 e. The number of hydrogen-bond donors (Lipinski definition) is 2. The molecule has 0 bridgehead atoms. The van der Waals surface area contributed by atoms with Crippen molar-refractivity contribution in [2.75, 3.05) is 13.2 Å². The topological polar surface area (TPSA) is 64.3 Å². The Labute approximate surface area is 67.1 Å². The summed E-state index contributed by atoms with van der Waals surface area (Å²) in [5.41, 5.74) is 5.04. The minimum atomic E-state index is -0.521. The fraction of sp³-hybridized carbons (Fsp3) is 0.857. The van der Waals surface area contributed by atoms with Crippen molar-refractivity contribution >= 4 is 5.97 Å². The van der Waals surface area contributed by atoms with Crippen molar-refractivity contribution in [1.82, 2.24) is 5.32 Å². The summed E-state index contributed by atoms with van der Waals surface area (Å²) in [6, 6.07) is 0. The second-order valence-corrected chi connectivity index (χ2v) is 2.88. The van der Waals surface area contributed by atoms with Crippen molar-refractivity contribution in [2.45, 2.75) is 26.4 Å². The van der Waals surface area contributed by atoms with Gasteiger partial charge in [-0.15, -0.1) is 0 Å². The Bertz CT molecular complexity index is 129. The Morgan fingerprint density at radius 1 is 1.64 bits per heavy atom. The zero-order valence-corrected chi connectivity index (χ0v) is 7.31. The SMILES string of the molecule is CCOC(=O)CNC(C)(C)N. The fourth-order valence-corrected chi connectivity index (χ4v) is 0.512. The van der Waals surface area contributed by atoms with Crippen molar-refractivity contribution in [3.05, 3.63) is 0 Å². The van der Waals surface area contributed by atoms with Crippen LogP contribution in [0.15, 0.2) is 0 Å². The second kappa shape index (κ2) is 4.31. The molecule has 0 radical (unpaired) electrons. The van der Waals surface area contributed by atoms with Crippen molar-refractivity contribution in [3.63, 3.8) is 0 Å². The van der Waals surface area contributed by atoms with Crippen LogP contribution < -0.4 is 11.1 Å². The van der Waals surface area contributed by atoms with Crippen LogP contribution in [0.4, 0.5) is 0 Å². The lowest BCUT2D eigenvalue weighted by atomic mass is 10.3. The van der Waals surface area contributed by atoms with Crippen LogP contribution in [0.25, 0.3) is 0 Å².